The quantitative estimate of drug-likeness (QED) is 0.719. The Labute approximate surface area is 103 Å². The lowest BCUT2D eigenvalue weighted by atomic mass is 9.96. The molecule has 0 radical (unpaired) electrons. The molecule has 0 aromatic carbocycles. The first kappa shape index (κ1) is 15.9. The second-order valence-electron chi connectivity index (χ2n) is 4.43. The largest absolute Gasteiger partial charge is 0.317 e. The van der Waals surface area contributed by atoms with E-state index in [1.54, 1.807) is 0 Å². The summed E-state index contributed by atoms with van der Waals surface area (Å²) in [5.74, 6) is 0. The van der Waals surface area contributed by atoms with Crippen LogP contribution in [0.2, 0.25) is 0 Å². The van der Waals surface area contributed by atoms with E-state index < -0.39 is 0 Å². The molecule has 1 saturated carbocycles. The highest BCUT2D eigenvalue weighted by atomic mass is 14.9. The highest BCUT2D eigenvalue weighted by Crippen LogP contribution is 2.16. The summed E-state index contributed by atoms with van der Waals surface area (Å²) in [5, 5.41) is 6.59. The molecule has 2 heteroatoms. The summed E-state index contributed by atoms with van der Waals surface area (Å²) in [7, 11) is 2.07. The van der Waals surface area contributed by atoms with Crippen molar-refractivity contribution >= 4 is 0 Å². The van der Waals surface area contributed by atoms with Crippen LogP contribution in [0.1, 0.15) is 65.2 Å². The van der Waals surface area contributed by atoms with E-state index in [9.17, 15) is 0 Å². The molecule has 2 fully saturated rings. The lowest BCUT2D eigenvalue weighted by molar-refractivity contribution is 0.394. The summed E-state index contributed by atoms with van der Waals surface area (Å²) in [5.41, 5.74) is 0. The molecular weight excluding hydrogens is 196 g/mol. The normalized spacial score (nSPS) is 21.2. The summed E-state index contributed by atoms with van der Waals surface area (Å²) >= 11 is 0. The first-order chi connectivity index (χ1) is 7.93. The van der Waals surface area contributed by atoms with E-state index >= 15 is 0 Å². The molecule has 1 aliphatic heterocycles. The Kier molecular flexibility index (Phi) is 12.9. The van der Waals surface area contributed by atoms with Gasteiger partial charge in [0.05, 0.1) is 0 Å². The van der Waals surface area contributed by atoms with Crippen molar-refractivity contribution in [3.63, 3.8) is 0 Å². The van der Waals surface area contributed by atoms with Crippen LogP contribution in [0, 0.1) is 0 Å². The number of hydrogen-bond acceptors (Lipinski definition) is 2. The van der Waals surface area contributed by atoms with Crippen LogP contribution in [0.15, 0.2) is 0 Å². The Morgan fingerprint density at radius 1 is 0.812 bits per heavy atom. The first-order valence-corrected chi connectivity index (χ1v) is 7.31. The molecule has 0 spiro atoms. The zero-order valence-corrected chi connectivity index (χ0v) is 11.6. The van der Waals surface area contributed by atoms with Crippen molar-refractivity contribution in [3.8, 4) is 0 Å². The van der Waals surface area contributed by atoms with Gasteiger partial charge >= 0.3 is 0 Å². The molecule has 0 unspecified atom stereocenters. The van der Waals surface area contributed by atoms with Gasteiger partial charge in [0, 0.05) is 6.04 Å². The summed E-state index contributed by atoms with van der Waals surface area (Å²) in [6.07, 6.45) is 11.3. The molecule has 1 aliphatic carbocycles. The van der Waals surface area contributed by atoms with Crippen LogP contribution in [0.5, 0.6) is 0 Å². The topological polar surface area (TPSA) is 24.1 Å². The third-order valence-corrected chi connectivity index (χ3v) is 3.22. The Morgan fingerprint density at radius 3 is 1.56 bits per heavy atom. The number of rotatable bonds is 1. The molecule has 0 aromatic heterocycles. The fraction of sp³-hybridized carbons (Fsp3) is 1.00. The predicted octanol–water partition coefficient (Wildman–Crippen LogP) is 3.32. The molecule has 0 bridgehead atoms. The van der Waals surface area contributed by atoms with Gasteiger partial charge in [-0.05, 0) is 45.8 Å². The molecule has 0 amide bonds. The molecule has 1 saturated heterocycles. The molecular formula is C14H32N2. The van der Waals surface area contributed by atoms with Gasteiger partial charge in [-0.25, -0.2) is 0 Å². The van der Waals surface area contributed by atoms with E-state index in [0.29, 0.717) is 0 Å². The molecule has 16 heavy (non-hydrogen) atoms. The summed E-state index contributed by atoms with van der Waals surface area (Å²) in [6, 6.07) is 0.837. The molecule has 98 valence electrons. The fourth-order valence-electron chi connectivity index (χ4n) is 2.19. The molecule has 0 aromatic rings. The molecule has 2 N–H and O–H groups in total. The molecule has 2 aliphatic rings. The van der Waals surface area contributed by atoms with Gasteiger partial charge in [0.15, 0.2) is 0 Å². The van der Waals surface area contributed by atoms with Gasteiger partial charge in [-0.2, -0.15) is 0 Å². The second kappa shape index (κ2) is 13.0. The van der Waals surface area contributed by atoms with E-state index in [0.717, 1.165) is 6.04 Å². The molecule has 0 atom stereocenters. The third-order valence-electron chi connectivity index (χ3n) is 3.22. The van der Waals surface area contributed by atoms with Crippen LogP contribution in [0.25, 0.3) is 0 Å². The molecule has 2 rings (SSSR count). The van der Waals surface area contributed by atoms with Gasteiger partial charge in [0.1, 0.15) is 0 Å². The summed E-state index contributed by atoms with van der Waals surface area (Å²) in [6.45, 7) is 6.50. The summed E-state index contributed by atoms with van der Waals surface area (Å²) < 4.78 is 0. The highest BCUT2D eigenvalue weighted by Gasteiger charge is 2.09. The number of hydrogen-bond donors (Lipinski definition) is 2. The van der Waals surface area contributed by atoms with Gasteiger partial charge in [-0.3, -0.25) is 0 Å². The minimum absolute atomic E-state index is 0.837. The van der Waals surface area contributed by atoms with Crippen LogP contribution in [0.3, 0.4) is 0 Å². The van der Waals surface area contributed by atoms with E-state index in [1.165, 1.54) is 64.5 Å². The number of nitrogens with one attached hydrogen (secondary N) is 2. The Bertz CT molecular complexity index is 104. The maximum absolute atomic E-state index is 3.30. The van der Waals surface area contributed by atoms with Gasteiger partial charge in [0.25, 0.3) is 0 Å². The van der Waals surface area contributed by atoms with Crippen molar-refractivity contribution in [2.75, 3.05) is 20.1 Å². The van der Waals surface area contributed by atoms with Crippen molar-refractivity contribution < 1.29 is 0 Å². The van der Waals surface area contributed by atoms with Crippen LogP contribution in [0.4, 0.5) is 0 Å². The van der Waals surface area contributed by atoms with Crippen molar-refractivity contribution in [2.45, 2.75) is 71.3 Å². The van der Waals surface area contributed by atoms with Gasteiger partial charge in [-0.15, -0.1) is 0 Å². The highest BCUT2D eigenvalue weighted by molar-refractivity contribution is 4.68. The van der Waals surface area contributed by atoms with Gasteiger partial charge in [-0.1, -0.05) is 39.5 Å². The standard InChI is InChI=1S/C7H15N.C5H11N.C2H6/c1-8-7-5-3-2-4-6-7;1-2-4-6-5-3-1;1-2/h7-8H,2-6H2,1H3;6H,1-5H2;1-2H3. The molecule has 1 heterocycles. The average Bonchev–Trinajstić information content (AvgIpc) is 2.44. The van der Waals surface area contributed by atoms with Crippen LogP contribution >= 0.6 is 0 Å². The minimum Gasteiger partial charge on any atom is -0.317 e. The predicted molar refractivity (Wildman–Crippen MR) is 74.0 cm³/mol. The van der Waals surface area contributed by atoms with E-state index in [4.69, 9.17) is 0 Å². The van der Waals surface area contributed by atoms with Crippen molar-refractivity contribution in [1.82, 2.24) is 10.6 Å². The Balaban J connectivity index is 0.000000251. The lowest BCUT2D eigenvalue weighted by Crippen LogP contribution is -2.26. The minimum atomic E-state index is 0.837. The Morgan fingerprint density at radius 2 is 1.31 bits per heavy atom. The summed E-state index contributed by atoms with van der Waals surface area (Å²) in [4.78, 5) is 0. The van der Waals surface area contributed by atoms with Crippen molar-refractivity contribution in [3.05, 3.63) is 0 Å². The van der Waals surface area contributed by atoms with Crippen LogP contribution < -0.4 is 10.6 Å². The van der Waals surface area contributed by atoms with Gasteiger partial charge < -0.3 is 10.6 Å². The fourth-order valence-corrected chi connectivity index (χ4v) is 2.19. The Hall–Kier alpha value is -0.0800. The van der Waals surface area contributed by atoms with Crippen LogP contribution in [-0.4, -0.2) is 26.2 Å². The van der Waals surface area contributed by atoms with E-state index in [-0.39, 0.29) is 0 Å². The van der Waals surface area contributed by atoms with Gasteiger partial charge in [0.2, 0.25) is 0 Å². The lowest BCUT2D eigenvalue weighted by Gasteiger charge is -2.20. The smallest absolute Gasteiger partial charge is 0.00640 e. The second-order valence-corrected chi connectivity index (χ2v) is 4.43. The monoisotopic (exact) mass is 228 g/mol. The maximum Gasteiger partial charge on any atom is 0.00640 e. The van der Waals surface area contributed by atoms with E-state index in [1.807, 2.05) is 13.8 Å². The zero-order valence-electron chi connectivity index (χ0n) is 11.6. The van der Waals surface area contributed by atoms with Crippen molar-refractivity contribution in [2.24, 2.45) is 0 Å². The maximum atomic E-state index is 3.30. The van der Waals surface area contributed by atoms with E-state index in [2.05, 4.69) is 17.7 Å². The number of piperidine rings is 1. The SMILES string of the molecule is C1CCNCC1.CC.CNC1CCCCC1. The van der Waals surface area contributed by atoms with Crippen LogP contribution in [-0.2, 0) is 0 Å². The van der Waals surface area contributed by atoms with Crippen molar-refractivity contribution in [1.29, 1.82) is 0 Å². The first-order valence-electron chi connectivity index (χ1n) is 7.31. The zero-order chi connectivity index (χ0) is 12.1. The average molecular weight is 228 g/mol. The third kappa shape index (κ3) is 9.17. The molecule has 2 nitrogen and oxygen atoms in total.